The lowest BCUT2D eigenvalue weighted by Crippen LogP contribution is -2.21. The van der Waals surface area contributed by atoms with Gasteiger partial charge in [0, 0.05) is 43.3 Å². The standard InChI is InChI=1S/C12H18N2O2/c15-6-3-10-2-5-14(8-10)12-1-4-13-7-11(12)9-16/h1,4,7,10,15-16H,2-3,5-6,8-9H2. The molecule has 0 amide bonds. The van der Waals surface area contributed by atoms with Gasteiger partial charge >= 0.3 is 0 Å². The molecule has 0 aromatic carbocycles. The van der Waals surface area contributed by atoms with E-state index in [1.54, 1.807) is 12.4 Å². The minimum atomic E-state index is 0.0321. The van der Waals surface area contributed by atoms with Crippen molar-refractivity contribution >= 4 is 5.69 Å². The van der Waals surface area contributed by atoms with Crippen LogP contribution in [0.1, 0.15) is 18.4 Å². The van der Waals surface area contributed by atoms with Crippen molar-refractivity contribution in [2.24, 2.45) is 5.92 Å². The van der Waals surface area contributed by atoms with E-state index < -0.39 is 0 Å². The molecule has 2 rings (SSSR count). The zero-order valence-corrected chi connectivity index (χ0v) is 9.34. The number of nitrogens with zero attached hydrogens (tertiary/aromatic N) is 2. The van der Waals surface area contributed by atoms with Crippen molar-refractivity contribution in [2.45, 2.75) is 19.4 Å². The van der Waals surface area contributed by atoms with Crippen LogP contribution in [-0.2, 0) is 6.61 Å². The Labute approximate surface area is 95.5 Å². The Kier molecular flexibility index (Phi) is 3.74. The van der Waals surface area contributed by atoms with Gasteiger partial charge in [-0.15, -0.1) is 0 Å². The highest BCUT2D eigenvalue weighted by Gasteiger charge is 2.23. The fraction of sp³-hybridized carbons (Fsp3) is 0.583. The minimum absolute atomic E-state index is 0.0321. The SMILES string of the molecule is OCCC1CCN(c2ccncc2CO)C1. The molecule has 0 radical (unpaired) electrons. The molecule has 1 atom stereocenters. The Morgan fingerprint density at radius 3 is 3.06 bits per heavy atom. The number of rotatable bonds is 4. The molecule has 4 heteroatoms. The summed E-state index contributed by atoms with van der Waals surface area (Å²) in [6, 6.07) is 1.95. The Morgan fingerprint density at radius 1 is 1.44 bits per heavy atom. The maximum atomic E-state index is 9.24. The molecule has 0 spiro atoms. The third-order valence-corrected chi connectivity index (χ3v) is 3.21. The predicted octanol–water partition coefficient (Wildman–Crippen LogP) is 0.783. The van der Waals surface area contributed by atoms with E-state index >= 15 is 0 Å². The predicted molar refractivity (Wildman–Crippen MR) is 62.2 cm³/mol. The number of aliphatic hydroxyl groups is 2. The third-order valence-electron chi connectivity index (χ3n) is 3.21. The first-order valence-electron chi connectivity index (χ1n) is 5.74. The van der Waals surface area contributed by atoms with Gasteiger partial charge in [0.05, 0.1) is 6.61 Å². The van der Waals surface area contributed by atoms with Gasteiger partial charge in [0.15, 0.2) is 0 Å². The molecule has 4 nitrogen and oxygen atoms in total. The van der Waals surface area contributed by atoms with Crippen LogP contribution in [-0.4, -0.2) is 34.9 Å². The molecule has 1 aromatic rings. The van der Waals surface area contributed by atoms with Crippen LogP contribution in [0.4, 0.5) is 5.69 Å². The summed E-state index contributed by atoms with van der Waals surface area (Å²) in [4.78, 5) is 6.29. The minimum Gasteiger partial charge on any atom is -0.396 e. The van der Waals surface area contributed by atoms with Gasteiger partial charge in [-0.1, -0.05) is 0 Å². The van der Waals surface area contributed by atoms with E-state index in [1.807, 2.05) is 6.07 Å². The van der Waals surface area contributed by atoms with E-state index in [4.69, 9.17) is 5.11 Å². The van der Waals surface area contributed by atoms with E-state index in [9.17, 15) is 5.11 Å². The van der Waals surface area contributed by atoms with Crippen LogP contribution < -0.4 is 4.90 Å². The molecule has 16 heavy (non-hydrogen) atoms. The van der Waals surface area contributed by atoms with E-state index in [2.05, 4.69) is 9.88 Å². The second-order valence-electron chi connectivity index (χ2n) is 4.28. The zero-order chi connectivity index (χ0) is 11.4. The van der Waals surface area contributed by atoms with E-state index in [0.717, 1.165) is 37.2 Å². The molecule has 1 aromatic heterocycles. The first kappa shape index (κ1) is 11.4. The maximum absolute atomic E-state index is 9.24. The summed E-state index contributed by atoms with van der Waals surface area (Å²) in [5, 5.41) is 18.2. The van der Waals surface area contributed by atoms with E-state index in [-0.39, 0.29) is 13.2 Å². The summed E-state index contributed by atoms with van der Waals surface area (Å²) in [6.45, 7) is 2.27. The Hall–Kier alpha value is -1.13. The Morgan fingerprint density at radius 2 is 2.31 bits per heavy atom. The lowest BCUT2D eigenvalue weighted by atomic mass is 10.1. The summed E-state index contributed by atoms with van der Waals surface area (Å²) in [5.74, 6) is 0.574. The zero-order valence-electron chi connectivity index (χ0n) is 9.34. The van der Waals surface area contributed by atoms with Crippen molar-refractivity contribution in [1.82, 2.24) is 4.98 Å². The Bertz CT molecular complexity index is 344. The van der Waals surface area contributed by atoms with Gasteiger partial charge in [0.2, 0.25) is 0 Å². The molecule has 2 N–H and O–H groups in total. The fourth-order valence-electron chi connectivity index (χ4n) is 2.32. The van der Waals surface area contributed by atoms with Gasteiger partial charge in [0.1, 0.15) is 0 Å². The number of hydrogen-bond donors (Lipinski definition) is 2. The number of anilines is 1. The van der Waals surface area contributed by atoms with E-state index in [1.165, 1.54) is 0 Å². The van der Waals surface area contributed by atoms with E-state index in [0.29, 0.717) is 5.92 Å². The largest absolute Gasteiger partial charge is 0.396 e. The molecule has 1 aliphatic heterocycles. The molecule has 2 heterocycles. The topological polar surface area (TPSA) is 56.6 Å². The fourth-order valence-corrected chi connectivity index (χ4v) is 2.32. The highest BCUT2D eigenvalue weighted by molar-refractivity contribution is 5.52. The smallest absolute Gasteiger partial charge is 0.0717 e. The summed E-state index contributed by atoms with van der Waals surface area (Å²) in [7, 11) is 0. The molecule has 0 bridgehead atoms. The molecule has 1 fully saturated rings. The van der Waals surface area contributed by atoms with Gasteiger partial charge in [0.25, 0.3) is 0 Å². The second-order valence-corrected chi connectivity index (χ2v) is 4.28. The number of aliphatic hydroxyl groups excluding tert-OH is 2. The normalized spacial score (nSPS) is 20.4. The molecular weight excluding hydrogens is 204 g/mol. The number of pyridine rings is 1. The number of hydrogen-bond acceptors (Lipinski definition) is 4. The average Bonchev–Trinajstić information content (AvgIpc) is 2.78. The van der Waals surface area contributed by atoms with Crippen molar-refractivity contribution in [3.8, 4) is 0 Å². The molecule has 1 saturated heterocycles. The first-order chi connectivity index (χ1) is 7.85. The van der Waals surface area contributed by atoms with Crippen LogP contribution in [0, 0.1) is 5.92 Å². The van der Waals surface area contributed by atoms with Crippen LogP contribution in [0.5, 0.6) is 0 Å². The summed E-state index contributed by atoms with van der Waals surface area (Å²) < 4.78 is 0. The van der Waals surface area contributed by atoms with Crippen LogP contribution >= 0.6 is 0 Å². The summed E-state index contributed by atoms with van der Waals surface area (Å²) in [6.07, 6.45) is 5.46. The number of aromatic nitrogens is 1. The lowest BCUT2D eigenvalue weighted by molar-refractivity contribution is 0.263. The van der Waals surface area contributed by atoms with Gasteiger partial charge in [-0.05, 0) is 24.8 Å². The molecular formula is C12H18N2O2. The van der Waals surface area contributed by atoms with Gasteiger partial charge in [-0.2, -0.15) is 0 Å². The van der Waals surface area contributed by atoms with Crippen molar-refractivity contribution in [1.29, 1.82) is 0 Å². The molecule has 0 saturated carbocycles. The van der Waals surface area contributed by atoms with Crippen LogP contribution in [0.15, 0.2) is 18.5 Å². The summed E-state index contributed by atoms with van der Waals surface area (Å²) in [5.41, 5.74) is 1.96. The molecule has 1 unspecified atom stereocenters. The van der Waals surface area contributed by atoms with Crippen LogP contribution in [0.25, 0.3) is 0 Å². The lowest BCUT2D eigenvalue weighted by Gasteiger charge is -2.21. The van der Waals surface area contributed by atoms with Crippen molar-refractivity contribution in [3.63, 3.8) is 0 Å². The molecule has 1 aliphatic rings. The summed E-state index contributed by atoms with van der Waals surface area (Å²) >= 11 is 0. The van der Waals surface area contributed by atoms with Crippen molar-refractivity contribution < 1.29 is 10.2 Å². The van der Waals surface area contributed by atoms with Gasteiger partial charge in [-0.3, -0.25) is 4.98 Å². The maximum Gasteiger partial charge on any atom is 0.0717 e. The highest BCUT2D eigenvalue weighted by atomic mass is 16.3. The van der Waals surface area contributed by atoms with Gasteiger partial charge < -0.3 is 15.1 Å². The Balaban J connectivity index is 2.08. The molecule has 0 aliphatic carbocycles. The highest BCUT2D eigenvalue weighted by Crippen LogP contribution is 2.27. The van der Waals surface area contributed by atoms with Crippen molar-refractivity contribution in [2.75, 3.05) is 24.6 Å². The van der Waals surface area contributed by atoms with Crippen molar-refractivity contribution in [3.05, 3.63) is 24.0 Å². The van der Waals surface area contributed by atoms with Gasteiger partial charge in [-0.25, -0.2) is 0 Å². The monoisotopic (exact) mass is 222 g/mol. The molecule has 88 valence electrons. The van der Waals surface area contributed by atoms with Crippen LogP contribution in [0.3, 0.4) is 0 Å². The quantitative estimate of drug-likeness (QED) is 0.790. The second kappa shape index (κ2) is 5.27. The van der Waals surface area contributed by atoms with Crippen LogP contribution in [0.2, 0.25) is 0 Å². The third kappa shape index (κ3) is 2.33. The first-order valence-corrected chi connectivity index (χ1v) is 5.74. The average molecular weight is 222 g/mol.